The predicted molar refractivity (Wildman–Crippen MR) is 83.8 cm³/mol. The van der Waals surface area contributed by atoms with Gasteiger partial charge in [0.2, 0.25) is 0 Å². The van der Waals surface area contributed by atoms with Gasteiger partial charge >= 0.3 is 0 Å². The SMILES string of the molecule is COc1ccc(C(=CN)c2ccc(OC)c(OC)c2)cc1. The maximum absolute atomic E-state index is 5.80. The van der Waals surface area contributed by atoms with Crippen LogP contribution in [-0.2, 0) is 0 Å². The second-order valence-corrected chi connectivity index (χ2v) is 4.38. The van der Waals surface area contributed by atoms with Gasteiger partial charge in [0.15, 0.2) is 11.5 Å². The molecule has 0 bridgehead atoms. The van der Waals surface area contributed by atoms with Crippen LogP contribution in [0.15, 0.2) is 48.7 Å². The van der Waals surface area contributed by atoms with E-state index in [0.717, 1.165) is 22.4 Å². The summed E-state index contributed by atoms with van der Waals surface area (Å²) in [5.74, 6) is 2.16. The van der Waals surface area contributed by atoms with E-state index in [4.69, 9.17) is 19.9 Å². The van der Waals surface area contributed by atoms with E-state index in [-0.39, 0.29) is 0 Å². The van der Waals surface area contributed by atoms with Crippen LogP contribution in [0.1, 0.15) is 11.1 Å². The lowest BCUT2D eigenvalue weighted by Crippen LogP contribution is -1.96. The fourth-order valence-corrected chi connectivity index (χ4v) is 2.13. The molecular formula is C17H19NO3. The van der Waals surface area contributed by atoms with Crippen LogP contribution in [0.3, 0.4) is 0 Å². The Morgan fingerprint density at radius 3 is 1.95 bits per heavy atom. The molecule has 0 atom stereocenters. The normalized spacial score (nSPS) is 11.1. The van der Waals surface area contributed by atoms with E-state index in [1.165, 1.54) is 0 Å². The van der Waals surface area contributed by atoms with E-state index in [2.05, 4.69) is 0 Å². The third-order valence-corrected chi connectivity index (χ3v) is 3.26. The van der Waals surface area contributed by atoms with Gasteiger partial charge in [0, 0.05) is 11.8 Å². The van der Waals surface area contributed by atoms with Crippen LogP contribution in [0.2, 0.25) is 0 Å². The van der Waals surface area contributed by atoms with Gasteiger partial charge in [-0.2, -0.15) is 0 Å². The Labute approximate surface area is 124 Å². The highest BCUT2D eigenvalue weighted by atomic mass is 16.5. The molecule has 2 aromatic rings. The largest absolute Gasteiger partial charge is 0.497 e. The summed E-state index contributed by atoms with van der Waals surface area (Å²) in [7, 11) is 4.87. The molecule has 0 aliphatic carbocycles. The number of benzene rings is 2. The minimum Gasteiger partial charge on any atom is -0.497 e. The van der Waals surface area contributed by atoms with Crippen LogP contribution in [-0.4, -0.2) is 21.3 Å². The summed E-state index contributed by atoms with van der Waals surface area (Å²) in [4.78, 5) is 0. The molecule has 0 aromatic heterocycles. The van der Waals surface area contributed by atoms with E-state index < -0.39 is 0 Å². The summed E-state index contributed by atoms with van der Waals surface area (Å²) < 4.78 is 15.7. The Morgan fingerprint density at radius 1 is 0.810 bits per heavy atom. The highest BCUT2D eigenvalue weighted by molar-refractivity contribution is 5.80. The standard InChI is InChI=1S/C17H19NO3/c1-19-14-7-4-12(5-8-14)15(11-18)13-6-9-16(20-2)17(10-13)21-3/h4-11H,18H2,1-3H3. The number of rotatable bonds is 5. The lowest BCUT2D eigenvalue weighted by molar-refractivity contribution is 0.355. The van der Waals surface area contributed by atoms with Crippen molar-refractivity contribution in [3.63, 3.8) is 0 Å². The molecule has 0 saturated heterocycles. The second-order valence-electron chi connectivity index (χ2n) is 4.38. The molecule has 0 aliphatic rings. The summed E-state index contributed by atoms with van der Waals surface area (Å²) in [5.41, 5.74) is 8.68. The van der Waals surface area contributed by atoms with Crippen molar-refractivity contribution in [1.82, 2.24) is 0 Å². The number of hydrogen-bond donors (Lipinski definition) is 1. The number of methoxy groups -OCH3 is 3. The van der Waals surface area contributed by atoms with Crippen molar-refractivity contribution in [2.24, 2.45) is 5.73 Å². The lowest BCUT2D eigenvalue weighted by Gasteiger charge is -2.12. The van der Waals surface area contributed by atoms with E-state index in [1.54, 1.807) is 27.5 Å². The van der Waals surface area contributed by atoms with Crippen molar-refractivity contribution in [3.05, 3.63) is 59.8 Å². The first-order valence-electron chi connectivity index (χ1n) is 6.52. The van der Waals surface area contributed by atoms with Crippen molar-refractivity contribution in [3.8, 4) is 17.2 Å². The van der Waals surface area contributed by atoms with Crippen LogP contribution < -0.4 is 19.9 Å². The van der Waals surface area contributed by atoms with Gasteiger partial charge in [-0.3, -0.25) is 0 Å². The van der Waals surface area contributed by atoms with Crippen molar-refractivity contribution in [1.29, 1.82) is 0 Å². The topological polar surface area (TPSA) is 53.7 Å². The van der Waals surface area contributed by atoms with E-state index >= 15 is 0 Å². The summed E-state index contributed by atoms with van der Waals surface area (Å²) in [6.07, 6.45) is 1.59. The van der Waals surface area contributed by atoms with Crippen molar-refractivity contribution in [2.75, 3.05) is 21.3 Å². The van der Waals surface area contributed by atoms with Crippen molar-refractivity contribution >= 4 is 5.57 Å². The molecule has 0 unspecified atom stereocenters. The molecule has 0 amide bonds. The van der Waals surface area contributed by atoms with Crippen LogP contribution in [0.5, 0.6) is 17.2 Å². The fraction of sp³-hybridized carbons (Fsp3) is 0.176. The fourth-order valence-electron chi connectivity index (χ4n) is 2.13. The molecule has 2 N–H and O–H groups in total. The van der Waals surface area contributed by atoms with Gasteiger partial charge < -0.3 is 19.9 Å². The molecule has 110 valence electrons. The second kappa shape index (κ2) is 6.70. The van der Waals surface area contributed by atoms with Crippen molar-refractivity contribution in [2.45, 2.75) is 0 Å². The van der Waals surface area contributed by atoms with E-state index in [9.17, 15) is 0 Å². The minimum absolute atomic E-state index is 0.669. The third-order valence-electron chi connectivity index (χ3n) is 3.26. The van der Waals surface area contributed by atoms with Gasteiger partial charge in [-0.25, -0.2) is 0 Å². The molecule has 0 saturated carbocycles. The molecule has 0 heterocycles. The van der Waals surface area contributed by atoms with Crippen LogP contribution in [0, 0.1) is 0 Å². The average molecular weight is 285 g/mol. The van der Waals surface area contributed by atoms with Crippen LogP contribution in [0.25, 0.3) is 5.57 Å². The third kappa shape index (κ3) is 3.11. The molecule has 0 spiro atoms. The Morgan fingerprint density at radius 2 is 1.43 bits per heavy atom. The summed E-state index contributed by atoms with van der Waals surface area (Å²) >= 11 is 0. The molecule has 21 heavy (non-hydrogen) atoms. The number of nitrogens with two attached hydrogens (primary N) is 1. The molecule has 4 heteroatoms. The minimum atomic E-state index is 0.669. The van der Waals surface area contributed by atoms with Gasteiger partial charge in [-0.1, -0.05) is 18.2 Å². The first-order valence-corrected chi connectivity index (χ1v) is 6.52. The van der Waals surface area contributed by atoms with Gasteiger partial charge in [-0.05, 0) is 35.4 Å². The zero-order valence-corrected chi connectivity index (χ0v) is 12.4. The molecular weight excluding hydrogens is 266 g/mol. The van der Waals surface area contributed by atoms with Crippen LogP contribution in [0.4, 0.5) is 0 Å². The monoisotopic (exact) mass is 285 g/mol. The Bertz CT molecular complexity index is 633. The molecule has 0 fully saturated rings. The predicted octanol–water partition coefficient (Wildman–Crippen LogP) is 3.06. The first kappa shape index (κ1) is 14.8. The molecule has 4 nitrogen and oxygen atoms in total. The first-order chi connectivity index (χ1) is 10.2. The molecule has 2 rings (SSSR count). The summed E-state index contributed by atoms with van der Waals surface area (Å²) in [6, 6.07) is 13.5. The molecule has 0 radical (unpaired) electrons. The maximum Gasteiger partial charge on any atom is 0.161 e. The highest BCUT2D eigenvalue weighted by Crippen LogP contribution is 2.32. The van der Waals surface area contributed by atoms with Gasteiger partial charge in [0.1, 0.15) is 5.75 Å². The Hall–Kier alpha value is -2.62. The summed E-state index contributed by atoms with van der Waals surface area (Å²) in [5, 5.41) is 0. The zero-order valence-electron chi connectivity index (χ0n) is 12.4. The lowest BCUT2D eigenvalue weighted by atomic mass is 9.98. The Kier molecular flexibility index (Phi) is 4.72. The van der Waals surface area contributed by atoms with E-state index in [0.29, 0.717) is 11.5 Å². The summed E-state index contributed by atoms with van der Waals surface area (Å²) in [6.45, 7) is 0. The van der Waals surface area contributed by atoms with E-state index in [1.807, 2.05) is 42.5 Å². The molecule has 2 aromatic carbocycles. The zero-order chi connectivity index (χ0) is 15.2. The average Bonchev–Trinajstić information content (AvgIpc) is 2.56. The highest BCUT2D eigenvalue weighted by Gasteiger charge is 2.09. The van der Waals surface area contributed by atoms with Gasteiger partial charge in [0.25, 0.3) is 0 Å². The number of hydrogen-bond acceptors (Lipinski definition) is 4. The molecule has 0 aliphatic heterocycles. The quantitative estimate of drug-likeness (QED) is 0.917. The Balaban J connectivity index is 2.41. The van der Waals surface area contributed by atoms with Gasteiger partial charge in [0.05, 0.1) is 21.3 Å². The number of ether oxygens (including phenoxy) is 3. The maximum atomic E-state index is 5.80. The van der Waals surface area contributed by atoms with Crippen LogP contribution >= 0.6 is 0 Å². The smallest absolute Gasteiger partial charge is 0.161 e. The van der Waals surface area contributed by atoms with Crippen molar-refractivity contribution < 1.29 is 14.2 Å². The van der Waals surface area contributed by atoms with Gasteiger partial charge in [-0.15, -0.1) is 0 Å².